The molecule has 0 radical (unpaired) electrons. The largest absolute Gasteiger partial charge is 0.324 e. The van der Waals surface area contributed by atoms with Crippen molar-refractivity contribution in [1.82, 2.24) is 19.1 Å². The van der Waals surface area contributed by atoms with Crippen molar-refractivity contribution in [3.8, 4) is 5.69 Å². The number of hydrogen-bond acceptors (Lipinski definition) is 5. The van der Waals surface area contributed by atoms with Gasteiger partial charge in [0.15, 0.2) is 0 Å². The van der Waals surface area contributed by atoms with E-state index in [4.69, 9.17) is 5.10 Å². The average molecular weight is 663 g/mol. The third-order valence-electron chi connectivity index (χ3n) is 9.69. The number of amides is 2. The predicted molar refractivity (Wildman–Crippen MR) is 190 cm³/mol. The Labute approximate surface area is 282 Å². The van der Waals surface area contributed by atoms with E-state index in [1.54, 1.807) is 39.6 Å². The molecule has 0 saturated carbocycles. The summed E-state index contributed by atoms with van der Waals surface area (Å²) in [5.41, 5.74) is 4.59. The zero-order chi connectivity index (χ0) is 33.6. The van der Waals surface area contributed by atoms with E-state index in [2.05, 4.69) is 48.5 Å². The van der Waals surface area contributed by atoms with Gasteiger partial charge in [-0.3, -0.25) is 10.3 Å². The number of nitrogens with one attached hydrogen (secondary N) is 2. The highest BCUT2D eigenvalue weighted by Gasteiger charge is 2.47. The molecule has 2 atom stereocenters. The van der Waals surface area contributed by atoms with Crippen molar-refractivity contribution in [1.29, 1.82) is 0 Å². The zero-order valence-corrected chi connectivity index (χ0v) is 28.7. The number of aromatic nitrogens is 3. The van der Waals surface area contributed by atoms with Gasteiger partial charge in [0.25, 0.3) is 0 Å². The number of aryl methyl sites for hydroxylation is 1. The average Bonchev–Trinajstić information content (AvgIpc) is 3.61. The molecule has 2 amide bonds. The van der Waals surface area contributed by atoms with Crippen LogP contribution >= 0.6 is 0 Å². The zero-order valence-electron chi connectivity index (χ0n) is 27.8. The van der Waals surface area contributed by atoms with Crippen LogP contribution in [-0.4, -0.2) is 45.6 Å². The number of piperidine rings is 1. The number of nitrogens with zero attached hydrogens (tertiary/aromatic N) is 4. The molecule has 2 aliphatic rings. The lowest BCUT2D eigenvalue weighted by Crippen LogP contribution is -2.46. The van der Waals surface area contributed by atoms with Crippen LogP contribution in [0.5, 0.6) is 0 Å². The lowest BCUT2D eigenvalue weighted by Gasteiger charge is -2.38. The number of carbonyl (C=O) groups is 1. The molecule has 0 aliphatic carbocycles. The molecule has 2 N–H and O–H groups in total. The summed E-state index contributed by atoms with van der Waals surface area (Å²) < 4.78 is 31.5. The van der Waals surface area contributed by atoms with E-state index in [1.807, 2.05) is 55.5 Å². The standard InChI is InChI=1S/C38H42N6O3S/c1-25-8-14-30(15-9-25)43-36(23-35(42-43)38(2,3)4)41-37(45)40-29-12-10-26(11-13-29)20-27-21-31-16-17-32(22-27)44(31)48(46,47)34-7-5-6-28-24-39-19-18-33(28)34/h5-15,18-19,23-24,27,31-32H,16-17,20-22H2,1-4H3,(H2,40,41,45). The molecule has 10 heteroatoms. The van der Waals surface area contributed by atoms with E-state index in [-0.39, 0.29) is 23.5 Å². The third kappa shape index (κ3) is 6.34. The molecule has 4 heterocycles. The molecule has 2 aliphatic heterocycles. The highest BCUT2D eigenvalue weighted by molar-refractivity contribution is 7.89. The number of rotatable bonds is 7. The van der Waals surface area contributed by atoms with Crippen LogP contribution < -0.4 is 10.6 Å². The summed E-state index contributed by atoms with van der Waals surface area (Å²) in [4.78, 5) is 17.7. The summed E-state index contributed by atoms with van der Waals surface area (Å²) in [5, 5.41) is 12.3. The maximum atomic E-state index is 14.0. The Morgan fingerprint density at radius 1 is 0.917 bits per heavy atom. The highest BCUT2D eigenvalue weighted by atomic mass is 32.2. The summed E-state index contributed by atoms with van der Waals surface area (Å²) in [6, 6.07) is 24.8. The molecule has 0 spiro atoms. The van der Waals surface area contributed by atoms with Crippen molar-refractivity contribution in [2.24, 2.45) is 5.92 Å². The van der Waals surface area contributed by atoms with Crippen LogP contribution in [0.15, 0.2) is 96.2 Å². The number of benzene rings is 3. The number of pyridine rings is 1. The van der Waals surface area contributed by atoms with Crippen LogP contribution in [0.3, 0.4) is 0 Å². The second kappa shape index (κ2) is 12.5. The van der Waals surface area contributed by atoms with E-state index < -0.39 is 10.0 Å². The van der Waals surface area contributed by atoms with Gasteiger partial charge in [-0.25, -0.2) is 17.9 Å². The number of carbonyl (C=O) groups excluding carboxylic acids is 1. The normalized spacial score (nSPS) is 19.8. The lowest BCUT2D eigenvalue weighted by molar-refractivity contribution is 0.190. The Hall–Kier alpha value is -4.54. The van der Waals surface area contributed by atoms with Gasteiger partial charge < -0.3 is 5.32 Å². The Balaban J connectivity index is 0.996. The molecular weight excluding hydrogens is 621 g/mol. The summed E-state index contributed by atoms with van der Waals surface area (Å²) in [5.74, 6) is 0.991. The van der Waals surface area contributed by atoms with Crippen molar-refractivity contribution in [2.75, 3.05) is 10.6 Å². The van der Waals surface area contributed by atoms with Gasteiger partial charge in [-0.2, -0.15) is 9.40 Å². The molecule has 9 nitrogen and oxygen atoms in total. The van der Waals surface area contributed by atoms with E-state index in [9.17, 15) is 13.2 Å². The van der Waals surface area contributed by atoms with Gasteiger partial charge in [0.2, 0.25) is 10.0 Å². The van der Waals surface area contributed by atoms with Crippen LogP contribution in [0.2, 0.25) is 0 Å². The Morgan fingerprint density at radius 3 is 2.31 bits per heavy atom. The summed E-state index contributed by atoms with van der Waals surface area (Å²) in [7, 11) is -3.63. The van der Waals surface area contributed by atoms with E-state index >= 15 is 0 Å². The fourth-order valence-corrected chi connectivity index (χ4v) is 9.40. The fourth-order valence-electron chi connectivity index (χ4n) is 7.29. The van der Waals surface area contributed by atoms with E-state index in [0.29, 0.717) is 22.3 Å². The summed E-state index contributed by atoms with van der Waals surface area (Å²) in [6.07, 6.45) is 7.72. The first-order valence-electron chi connectivity index (χ1n) is 16.7. The molecule has 2 unspecified atom stereocenters. The minimum atomic E-state index is -3.63. The van der Waals surface area contributed by atoms with Crippen molar-refractivity contribution >= 4 is 38.3 Å². The quantitative estimate of drug-likeness (QED) is 0.185. The van der Waals surface area contributed by atoms with Gasteiger partial charge in [-0.1, -0.05) is 62.7 Å². The number of sulfonamides is 1. The molecule has 48 heavy (non-hydrogen) atoms. The van der Waals surface area contributed by atoms with Crippen LogP contribution in [0.4, 0.5) is 16.3 Å². The Kier molecular flexibility index (Phi) is 8.33. The van der Waals surface area contributed by atoms with Crippen molar-refractivity contribution in [3.63, 3.8) is 0 Å². The second-order valence-corrected chi connectivity index (χ2v) is 16.1. The van der Waals surface area contributed by atoms with Crippen molar-refractivity contribution in [2.45, 2.75) is 82.2 Å². The minimum absolute atomic E-state index is 0.00706. The fraction of sp³-hybridized carbons (Fsp3) is 0.342. The van der Waals surface area contributed by atoms with Crippen LogP contribution in [-0.2, 0) is 21.9 Å². The molecule has 3 aromatic carbocycles. The third-order valence-corrected chi connectivity index (χ3v) is 11.8. The Morgan fingerprint density at radius 2 is 1.62 bits per heavy atom. The number of fused-ring (bicyclic) bond motifs is 3. The van der Waals surface area contributed by atoms with Crippen LogP contribution in [0.1, 0.15) is 63.3 Å². The topological polar surface area (TPSA) is 109 Å². The summed E-state index contributed by atoms with van der Waals surface area (Å²) in [6.45, 7) is 8.33. The van der Waals surface area contributed by atoms with Gasteiger partial charge in [-0.15, -0.1) is 0 Å². The minimum Gasteiger partial charge on any atom is -0.308 e. The number of anilines is 2. The van der Waals surface area contributed by atoms with Gasteiger partial charge in [0, 0.05) is 52.4 Å². The smallest absolute Gasteiger partial charge is 0.308 e. The number of hydrogen-bond donors (Lipinski definition) is 2. The first-order valence-corrected chi connectivity index (χ1v) is 18.1. The first kappa shape index (κ1) is 32.0. The SMILES string of the molecule is Cc1ccc(-n2nc(C(C)(C)C)cc2NC(=O)Nc2ccc(CC3CC4CCC(C3)N4S(=O)(=O)c3cccc4cnccc34)cc2)cc1. The molecule has 2 fully saturated rings. The Bertz CT molecular complexity index is 2050. The van der Waals surface area contributed by atoms with Gasteiger partial charge >= 0.3 is 6.03 Å². The maximum absolute atomic E-state index is 14.0. The lowest BCUT2D eigenvalue weighted by atomic mass is 9.87. The van der Waals surface area contributed by atoms with Gasteiger partial charge in [-0.05, 0) is 86.9 Å². The highest BCUT2D eigenvalue weighted by Crippen LogP contribution is 2.44. The van der Waals surface area contributed by atoms with Crippen molar-refractivity contribution in [3.05, 3.63) is 108 Å². The molecule has 248 valence electrons. The predicted octanol–water partition coefficient (Wildman–Crippen LogP) is 7.84. The first-order chi connectivity index (χ1) is 23.0. The van der Waals surface area contributed by atoms with E-state index in [0.717, 1.165) is 59.8 Å². The molecule has 2 aromatic heterocycles. The molecular formula is C38H42N6O3S. The second-order valence-electron chi connectivity index (χ2n) is 14.3. The molecule has 5 aromatic rings. The molecule has 2 saturated heterocycles. The van der Waals surface area contributed by atoms with Crippen LogP contribution in [0, 0.1) is 12.8 Å². The van der Waals surface area contributed by atoms with Gasteiger partial charge in [0.1, 0.15) is 5.82 Å². The number of urea groups is 1. The monoisotopic (exact) mass is 662 g/mol. The van der Waals surface area contributed by atoms with Gasteiger partial charge in [0.05, 0.1) is 16.3 Å². The summed E-state index contributed by atoms with van der Waals surface area (Å²) >= 11 is 0. The molecule has 7 rings (SSSR count). The maximum Gasteiger partial charge on any atom is 0.324 e. The van der Waals surface area contributed by atoms with Crippen molar-refractivity contribution < 1.29 is 13.2 Å². The molecule has 2 bridgehead atoms. The van der Waals surface area contributed by atoms with Crippen LogP contribution in [0.25, 0.3) is 16.5 Å². The van der Waals surface area contributed by atoms with E-state index in [1.165, 1.54) is 5.56 Å².